The minimum absolute atomic E-state index is 0.108. The molecule has 0 bridgehead atoms. The first kappa shape index (κ1) is 25.5. The highest BCUT2D eigenvalue weighted by Crippen LogP contribution is 2.26. The minimum atomic E-state index is -4.87. The van der Waals surface area contributed by atoms with Gasteiger partial charge in [0.05, 0.1) is 43.0 Å². The molecule has 11 nitrogen and oxygen atoms in total. The third-order valence-electron chi connectivity index (χ3n) is 5.48. The molecule has 0 radical (unpaired) electrons. The van der Waals surface area contributed by atoms with E-state index >= 15 is 0 Å². The van der Waals surface area contributed by atoms with Crippen LogP contribution in [0.15, 0.2) is 47.5 Å². The smallest absolute Gasteiger partial charge is 0.493 e. The summed E-state index contributed by atoms with van der Waals surface area (Å²) in [6, 6.07) is 5.95. The van der Waals surface area contributed by atoms with Crippen LogP contribution in [0.25, 0.3) is 5.69 Å². The molecular formula is C21H22F3N5O6S. The summed E-state index contributed by atoms with van der Waals surface area (Å²) in [5, 5.41) is 10.6. The second kappa shape index (κ2) is 9.83. The monoisotopic (exact) mass is 529 g/mol. The number of anilines is 1. The van der Waals surface area contributed by atoms with Gasteiger partial charge in [0.1, 0.15) is 5.75 Å². The summed E-state index contributed by atoms with van der Waals surface area (Å²) in [5.41, 5.74) is 0.133. The molecule has 3 aromatic rings. The van der Waals surface area contributed by atoms with Gasteiger partial charge in [0, 0.05) is 19.3 Å². The Morgan fingerprint density at radius 3 is 2.47 bits per heavy atom. The lowest BCUT2D eigenvalue weighted by molar-refractivity contribution is -0.274. The lowest BCUT2D eigenvalue weighted by Gasteiger charge is -2.26. The number of ether oxygens (including phenoxy) is 2. The van der Waals surface area contributed by atoms with E-state index in [0.717, 1.165) is 16.7 Å². The number of pyridine rings is 1. The van der Waals surface area contributed by atoms with Crippen LogP contribution in [0.5, 0.6) is 11.6 Å². The second-order valence-corrected chi connectivity index (χ2v) is 9.48. The quantitative estimate of drug-likeness (QED) is 0.479. The van der Waals surface area contributed by atoms with Crippen LogP contribution in [0.3, 0.4) is 0 Å². The summed E-state index contributed by atoms with van der Waals surface area (Å²) < 4.78 is 77.7. The molecule has 0 saturated carbocycles. The van der Waals surface area contributed by atoms with Crippen molar-refractivity contribution in [2.24, 2.45) is 0 Å². The van der Waals surface area contributed by atoms with Crippen LogP contribution in [0, 0.1) is 6.92 Å². The van der Waals surface area contributed by atoms with E-state index in [-0.39, 0.29) is 49.9 Å². The van der Waals surface area contributed by atoms with Gasteiger partial charge in [-0.2, -0.15) is 12.7 Å². The molecule has 4 rings (SSSR count). The number of aromatic nitrogens is 3. The van der Waals surface area contributed by atoms with Crippen LogP contribution >= 0.6 is 0 Å². The summed E-state index contributed by atoms with van der Waals surface area (Å²) in [6.07, 6.45) is -2.13. The number of benzene rings is 1. The number of aromatic hydroxyl groups is 1. The Balaban J connectivity index is 1.62. The molecule has 194 valence electrons. The fourth-order valence-electron chi connectivity index (χ4n) is 3.67. The van der Waals surface area contributed by atoms with Crippen LogP contribution in [0.4, 0.5) is 18.9 Å². The Hall–Kier alpha value is -3.56. The maximum Gasteiger partial charge on any atom is 0.573 e. The van der Waals surface area contributed by atoms with Gasteiger partial charge in [-0.1, -0.05) is 0 Å². The number of hydrogen-bond donors (Lipinski definition) is 2. The van der Waals surface area contributed by atoms with Gasteiger partial charge in [0.2, 0.25) is 5.88 Å². The Morgan fingerprint density at radius 2 is 1.83 bits per heavy atom. The Labute approximate surface area is 203 Å². The minimum Gasteiger partial charge on any atom is -0.493 e. The van der Waals surface area contributed by atoms with Crippen LogP contribution in [0.1, 0.15) is 11.3 Å². The molecule has 0 aliphatic carbocycles. The summed E-state index contributed by atoms with van der Waals surface area (Å²) in [4.78, 5) is 17.1. The maximum atomic E-state index is 13.2. The van der Waals surface area contributed by atoms with Gasteiger partial charge >= 0.3 is 22.3 Å². The van der Waals surface area contributed by atoms with Crippen molar-refractivity contribution in [3.63, 3.8) is 0 Å². The molecule has 1 aromatic carbocycles. The van der Waals surface area contributed by atoms with Crippen molar-refractivity contribution < 1.29 is 36.2 Å². The predicted molar refractivity (Wildman–Crippen MR) is 121 cm³/mol. The molecule has 1 aliphatic rings. The predicted octanol–water partition coefficient (Wildman–Crippen LogP) is 1.98. The number of nitrogens with zero attached hydrogens (tertiary/aromatic N) is 4. The topological polar surface area (TPSA) is 128 Å². The van der Waals surface area contributed by atoms with E-state index in [2.05, 4.69) is 14.4 Å². The van der Waals surface area contributed by atoms with Crippen molar-refractivity contribution in [1.29, 1.82) is 0 Å². The molecule has 15 heteroatoms. The van der Waals surface area contributed by atoms with Crippen LogP contribution in [-0.4, -0.2) is 64.6 Å². The third-order valence-corrected chi connectivity index (χ3v) is 7.00. The average Bonchev–Trinajstić information content (AvgIpc) is 3.03. The Bertz CT molecular complexity index is 1400. The highest BCUT2D eigenvalue weighted by molar-refractivity contribution is 7.90. The van der Waals surface area contributed by atoms with Gasteiger partial charge in [-0.25, -0.2) is 9.36 Å². The first-order valence-corrected chi connectivity index (χ1v) is 12.1. The van der Waals surface area contributed by atoms with Gasteiger partial charge in [-0.15, -0.1) is 13.2 Å². The van der Waals surface area contributed by atoms with Crippen molar-refractivity contribution in [3.05, 3.63) is 64.5 Å². The zero-order chi connectivity index (χ0) is 26.1. The highest BCUT2D eigenvalue weighted by Gasteiger charge is 2.31. The molecule has 0 unspecified atom stereocenters. The molecule has 1 saturated heterocycles. The van der Waals surface area contributed by atoms with Crippen molar-refractivity contribution in [2.75, 3.05) is 31.0 Å². The molecular weight excluding hydrogens is 507 g/mol. The van der Waals surface area contributed by atoms with E-state index < -0.39 is 33.9 Å². The number of hydrogen-bond acceptors (Lipinski definition) is 7. The summed E-state index contributed by atoms with van der Waals surface area (Å²) in [5.74, 6) is -0.905. The fourth-order valence-corrected chi connectivity index (χ4v) is 4.89. The number of imidazole rings is 1. The van der Waals surface area contributed by atoms with Crippen LogP contribution in [0.2, 0.25) is 0 Å². The van der Waals surface area contributed by atoms with Gasteiger partial charge < -0.3 is 14.6 Å². The van der Waals surface area contributed by atoms with E-state index in [0.29, 0.717) is 5.56 Å². The van der Waals surface area contributed by atoms with Crippen molar-refractivity contribution in [2.45, 2.75) is 19.8 Å². The first-order chi connectivity index (χ1) is 17.0. The summed E-state index contributed by atoms with van der Waals surface area (Å²) in [6.45, 7) is 2.27. The van der Waals surface area contributed by atoms with Crippen molar-refractivity contribution in [3.8, 4) is 17.3 Å². The number of halogens is 3. The lowest BCUT2D eigenvalue weighted by atomic mass is 10.2. The second-order valence-electron chi connectivity index (χ2n) is 7.81. The molecule has 0 atom stereocenters. The number of alkyl halides is 3. The standard InChI is InChI=1S/C21H22F3N5O6S/c1-14-19(30)29(16-2-4-17(5-3-16)35-21(22,23)24)20(31)28(14)13-15-6-7-25-12-18(15)26-36(32,33)27-8-10-34-11-9-27/h2-7,12,26,30H,8-11,13H2,1H3. The maximum absolute atomic E-state index is 13.2. The Morgan fingerprint density at radius 1 is 1.17 bits per heavy atom. The molecule has 0 spiro atoms. The van der Waals surface area contributed by atoms with Gasteiger partial charge in [-0.05, 0) is 42.8 Å². The first-order valence-electron chi connectivity index (χ1n) is 10.6. The fraction of sp³-hybridized carbons (Fsp3) is 0.333. The molecule has 0 amide bonds. The van der Waals surface area contributed by atoms with Gasteiger partial charge in [0.25, 0.3) is 0 Å². The average molecular weight is 529 g/mol. The van der Waals surface area contributed by atoms with Crippen molar-refractivity contribution >= 4 is 15.9 Å². The van der Waals surface area contributed by atoms with E-state index in [1.807, 2.05) is 0 Å². The van der Waals surface area contributed by atoms with Crippen molar-refractivity contribution in [1.82, 2.24) is 18.4 Å². The largest absolute Gasteiger partial charge is 0.573 e. The zero-order valence-electron chi connectivity index (χ0n) is 18.9. The number of morpholine rings is 1. The number of rotatable bonds is 7. The normalized spacial score (nSPS) is 15.1. The molecule has 1 fully saturated rings. The van der Waals surface area contributed by atoms with Gasteiger partial charge in [0.15, 0.2) is 0 Å². The molecule has 2 N–H and O–H groups in total. The highest BCUT2D eigenvalue weighted by atomic mass is 32.2. The third kappa shape index (κ3) is 5.47. The van der Waals surface area contributed by atoms with E-state index in [1.54, 1.807) is 0 Å². The van der Waals surface area contributed by atoms with Crippen LogP contribution < -0.4 is 15.1 Å². The molecule has 1 aliphatic heterocycles. The van der Waals surface area contributed by atoms with Gasteiger partial charge in [-0.3, -0.25) is 14.3 Å². The SMILES string of the molecule is Cc1c(O)n(-c2ccc(OC(F)(F)F)cc2)c(=O)n1Cc1ccncc1NS(=O)(=O)N1CCOCC1. The summed E-state index contributed by atoms with van der Waals surface area (Å²) in [7, 11) is -3.91. The molecule has 3 heterocycles. The molecule has 2 aromatic heterocycles. The van der Waals surface area contributed by atoms with Crippen LogP contribution in [-0.2, 0) is 21.5 Å². The Kier molecular flexibility index (Phi) is 6.97. The lowest BCUT2D eigenvalue weighted by Crippen LogP contribution is -2.43. The van der Waals surface area contributed by atoms with E-state index in [1.165, 1.54) is 46.4 Å². The summed E-state index contributed by atoms with van der Waals surface area (Å²) >= 11 is 0. The van der Waals surface area contributed by atoms with E-state index in [4.69, 9.17) is 4.74 Å². The van der Waals surface area contributed by atoms with E-state index in [9.17, 15) is 31.5 Å². The molecule has 36 heavy (non-hydrogen) atoms. The number of nitrogens with one attached hydrogen (secondary N) is 1. The zero-order valence-corrected chi connectivity index (χ0v) is 19.7.